The van der Waals surface area contributed by atoms with Crippen LogP contribution >= 0.6 is 11.3 Å². The van der Waals surface area contributed by atoms with Crippen molar-refractivity contribution in [2.75, 3.05) is 26.2 Å². The highest BCUT2D eigenvalue weighted by Crippen LogP contribution is 2.21. The minimum Gasteiger partial charge on any atom is -0.314 e. The lowest BCUT2D eigenvalue weighted by Crippen LogP contribution is -2.28. The first kappa shape index (κ1) is 11.6. The van der Waals surface area contributed by atoms with Crippen LogP contribution in [0.5, 0.6) is 0 Å². The van der Waals surface area contributed by atoms with E-state index in [1.165, 1.54) is 51.1 Å². The molecule has 2 aliphatic rings. The first-order valence-electron chi connectivity index (χ1n) is 6.73. The molecule has 0 radical (unpaired) electrons. The Morgan fingerprint density at radius 2 is 2.35 bits per heavy atom. The molecular formula is C13H21N3S. The summed E-state index contributed by atoms with van der Waals surface area (Å²) >= 11 is 1.70. The summed E-state index contributed by atoms with van der Waals surface area (Å²) in [6, 6.07) is 0.860. The van der Waals surface area contributed by atoms with Gasteiger partial charge in [-0.15, -0.1) is 11.3 Å². The Kier molecular flexibility index (Phi) is 3.74. The van der Waals surface area contributed by atoms with Gasteiger partial charge in [0.15, 0.2) is 0 Å². The fraction of sp³-hybridized carbons (Fsp3) is 0.769. The molecule has 2 fully saturated rings. The molecule has 3 nitrogen and oxygen atoms in total. The molecule has 1 unspecified atom stereocenters. The Bertz CT molecular complexity index is 334. The van der Waals surface area contributed by atoms with Crippen LogP contribution < -0.4 is 5.32 Å². The molecule has 1 aromatic heterocycles. The van der Waals surface area contributed by atoms with Crippen LogP contribution in [-0.2, 0) is 6.42 Å². The van der Waals surface area contributed by atoms with Crippen molar-refractivity contribution in [3.8, 4) is 0 Å². The van der Waals surface area contributed by atoms with Crippen molar-refractivity contribution in [1.29, 1.82) is 0 Å². The highest BCUT2D eigenvalue weighted by molar-refractivity contribution is 7.07. The lowest BCUT2D eigenvalue weighted by Gasteiger charge is -2.15. The highest BCUT2D eigenvalue weighted by Gasteiger charge is 2.25. The summed E-state index contributed by atoms with van der Waals surface area (Å²) < 4.78 is 0. The molecule has 0 amide bonds. The van der Waals surface area contributed by atoms with Gasteiger partial charge in [-0.25, -0.2) is 4.98 Å². The minimum atomic E-state index is 0.860. The third-order valence-electron chi connectivity index (χ3n) is 3.81. The van der Waals surface area contributed by atoms with E-state index >= 15 is 0 Å². The summed E-state index contributed by atoms with van der Waals surface area (Å²) in [5, 5.41) is 5.82. The average Bonchev–Trinajstić information content (AvgIpc) is 2.86. The predicted molar refractivity (Wildman–Crippen MR) is 71.4 cm³/mol. The second-order valence-electron chi connectivity index (χ2n) is 5.37. The van der Waals surface area contributed by atoms with Crippen LogP contribution in [-0.4, -0.2) is 42.1 Å². The number of nitrogens with one attached hydrogen (secondary N) is 1. The molecule has 0 bridgehead atoms. The molecule has 4 heteroatoms. The van der Waals surface area contributed by atoms with E-state index in [1.54, 1.807) is 11.3 Å². The molecule has 2 heterocycles. The molecule has 1 saturated heterocycles. The average molecular weight is 251 g/mol. The zero-order valence-corrected chi connectivity index (χ0v) is 11.1. The predicted octanol–water partition coefficient (Wildman–Crippen LogP) is 1.76. The SMILES string of the molecule is c1nc(CCN2CCC(CNC3CC3)C2)cs1. The van der Waals surface area contributed by atoms with Crippen molar-refractivity contribution in [1.82, 2.24) is 15.2 Å². The van der Waals surface area contributed by atoms with E-state index in [2.05, 4.69) is 20.6 Å². The van der Waals surface area contributed by atoms with Gasteiger partial charge in [-0.05, 0) is 38.3 Å². The number of hydrogen-bond acceptors (Lipinski definition) is 4. The number of nitrogens with zero attached hydrogens (tertiary/aromatic N) is 2. The van der Waals surface area contributed by atoms with Crippen LogP contribution in [0.25, 0.3) is 0 Å². The van der Waals surface area contributed by atoms with Crippen molar-refractivity contribution in [2.24, 2.45) is 5.92 Å². The lowest BCUT2D eigenvalue weighted by molar-refractivity contribution is 0.324. The van der Waals surface area contributed by atoms with E-state index in [9.17, 15) is 0 Å². The van der Waals surface area contributed by atoms with E-state index in [1.807, 2.05) is 5.51 Å². The third-order valence-corrected chi connectivity index (χ3v) is 4.45. The van der Waals surface area contributed by atoms with Gasteiger partial charge in [-0.3, -0.25) is 0 Å². The van der Waals surface area contributed by atoms with E-state index in [0.717, 1.165) is 18.4 Å². The molecule has 17 heavy (non-hydrogen) atoms. The number of hydrogen-bond donors (Lipinski definition) is 1. The summed E-state index contributed by atoms with van der Waals surface area (Å²) in [5.41, 5.74) is 3.19. The van der Waals surface area contributed by atoms with Crippen LogP contribution in [0.4, 0.5) is 0 Å². The van der Waals surface area contributed by atoms with Crippen LogP contribution in [0, 0.1) is 5.92 Å². The molecule has 0 spiro atoms. The van der Waals surface area contributed by atoms with Crippen LogP contribution in [0.1, 0.15) is 25.0 Å². The van der Waals surface area contributed by atoms with Gasteiger partial charge < -0.3 is 10.2 Å². The summed E-state index contributed by atoms with van der Waals surface area (Å²) in [6.07, 6.45) is 5.30. The maximum Gasteiger partial charge on any atom is 0.0794 e. The second kappa shape index (κ2) is 5.46. The maximum atomic E-state index is 4.34. The molecule has 94 valence electrons. The van der Waals surface area contributed by atoms with Crippen molar-refractivity contribution in [3.05, 3.63) is 16.6 Å². The molecule has 0 aromatic carbocycles. The summed E-state index contributed by atoms with van der Waals surface area (Å²) in [4.78, 5) is 6.94. The van der Waals surface area contributed by atoms with Crippen molar-refractivity contribution in [3.63, 3.8) is 0 Å². The smallest absolute Gasteiger partial charge is 0.0794 e. The Hall–Kier alpha value is -0.450. The largest absolute Gasteiger partial charge is 0.314 e. The quantitative estimate of drug-likeness (QED) is 0.835. The second-order valence-corrected chi connectivity index (χ2v) is 6.09. The molecule has 1 aliphatic heterocycles. The third kappa shape index (κ3) is 3.50. The Morgan fingerprint density at radius 1 is 1.41 bits per heavy atom. The van der Waals surface area contributed by atoms with Gasteiger partial charge in [0.05, 0.1) is 11.2 Å². The molecule has 1 N–H and O–H groups in total. The fourth-order valence-electron chi connectivity index (χ4n) is 2.54. The zero-order chi connectivity index (χ0) is 11.5. The molecule has 1 atom stereocenters. The lowest BCUT2D eigenvalue weighted by atomic mass is 10.1. The summed E-state index contributed by atoms with van der Waals surface area (Å²) in [5.74, 6) is 0.881. The van der Waals surface area contributed by atoms with E-state index < -0.39 is 0 Å². The Labute approximate surface area is 107 Å². The summed E-state index contributed by atoms with van der Waals surface area (Å²) in [7, 11) is 0. The molecule has 3 rings (SSSR count). The molecule has 1 aromatic rings. The van der Waals surface area contributed by atoms with E-state index in [0.29, 0.717) is 0 Å². The van der Waals surface area contributed by atoms with Gasteiger partial charge in [0.25, 0.3) is 0 Å². The van der Waals surface area contributed by atoms with E-state index in [4.69, 9.17) is 0 Å². The molecule has 1 aliphatic carbocycles. The van der Waals surface area contributed by atoms with Crippen molar-refractivity contribution in [2.45, 2.75) is 31.7 Å². The fourth-order valence-corrected chi connectivity index (χ4v) is 3.13. The van der Waals surface area contributed by atoms with E-state index in [-0.39, 0.29) is 0 Å². The van der Waals surface area contributed by atoms with Crippen molar-refractivity contribution < 1.29 is 0 Å². The van der Waals surface area contributed by atoms with Gasteiger partial charge in [-0.1, -0.05) is 0 Å². The normalized spacial score (nSPS) is 25.5. The zero-order valence-electron chi connectivity index (χ0n) is 10.3. The van der Waals surface area contributed by atoms with Gasteiger partial charge in [-0.2, -0.15) is 0 Å². The number of likely N-dealkylation sites (tertiary alicyclic amines) is 1. The number of aromatic nitrogens is 1. The Balaban J connectivity index is 1.35. The Morgan fingerprint density at radius 3 is 3.12 bits per heavy atom. The standard InChI is InChI=1S/C13H21N3S/c1-2-12(1)14-7-11-3-5-16(8-11)6-4-13-9-17-10-15-13/h9-12,14H,1-8H2. The number of thiazole rings is 1. The maximum absolute atomic E-state index is 4.34. The van der Waals surface area contributed by atoms with Crippen LogP contribution in [0.15, 0.2) is 10.9 Å². The molecular weight excluding hydrogens is 230 g/mol. The minimum absolute atomic E-state index is 0.860. The van der Waals surface area contributed by atoms with Gasteiger partial charge in [0.1, 0.15) is 0 Å². The van der Waals surface area contributed by atoms with Gasteiger partial charge in [0.2, 0.25) is 0 Å². The van der Waals surface area contributed by atoms with Gasteiger partial charge in [0, 0.05) is 30.9 Å². The monoisotopic (exact) mass is 251 g/mol. The van der Waals surface area contributed by atoms with Crippen LogP contribution in [0.2, 0.25) is 0 Å². The highest BCUT2D eigenvalue weighted by atomic mass is 32.1. The van der Waals surface area contributed by atoms with Crippen molar-refractivity contribution >= 4 is 11.3 Å². The topological polar surface area (TPSA) is 28.2 Å². The molecule has 1 saturated carbocycles. The summed E-state index contributed by atoms with van der Waals surface area (Å²) in [6.45, 7) is 4.98. The first-order chi connectivity index (χ1) is 8.40. The first-order valence-corrected chi connectivity index (χ1v) is 7.67. The number of rotatable bonds is 6. The van der Waals surface area contributed by atoms with Gasteiger partial charge >= 0.3 is 0 Å². The van der Waals surface area contributed by atoms with Crippen LogP contribution in [0.3, 0.4) is 0 Å².